The van der Waals surface area contributed by atoms with Gasteiger partial charge in [-0.05, 0) is 36.3 Å². The predicted octanol–water partition coefficient (Wildman–Crippen LogP) is 0.314. The van der Waals surface area contributed by atoms with Crippen LogP contribution in [0.4, 0.5) is 0 Å². The molecule has 2 N–H and O–H groups in total. The largest absolute Gasteiger partial charge is 1.00 e. The number of amides is 2. The fourth-order valence-corrected chi connectivity index (χ4v) is 5.79. The first-order chi connectivity index (χ1) is 15.0. The summed E-state index contributed by atoms with van der Waals surface area (Å²) in [5.41, 5.74) is 7.28. The number of halogens is 1. The fourth-order valence-electron chi connectivity index (χ4n) is 5.79. The second-order valence-corrected chi connectivity index (χ2v) is 8.71. The first kappa shape index (κ1) is 24.2. The summed E-state index contributed by atoms with van der Waals surface area (Å²) >= 11 is 0. The van der Waals surface area contributed by atoms with Crippen LogP contribution in [0.2, 0.25) is 0 Å². The molecule has 2 aromatic carbocycles. The standard InChI is InChI=1S/C26H31N3O2.BrH/c1-3-24(30)29-17-16-28(19(29)2)23-15-14-22(18-23)26(25(27)31,20-10-6-4-7-11-20)21-12-8-5-9-13-21;/h4-13,22-23H,3,14-18H2,1-2H3,(H-,27,31);1H. The summed E-state index contributed by atoms with van der Waals surface area (Å²) in [5, 5.41) is 0. The molecule has 0 bridgehead atoms. The summed E-state index contributed by atoms with van der Waals surface area (Å²) in [5.74, 6) is 1.03. The van der Waals surface area contributed by atoms with Crippen molar-refractivity contribution in [2.24, 2.45) is 11.7 Å². The average Bonchev–Trinajstić information content (AvgIpc) is 3.42. The Morgan fingerprint density at radius 2 is 1.59 bits per heavy atom. The SMILES string of the molecule is CCC(=O)[N+]1=C(C)N(C2CCC(C(C(N)=O)(c3ccccc3)c3ccccc3)C2)CC1.[Br-]. The van der Waals surface area contributed by atoms with Gasteiger partial charge in [-0.15, -0.1) is 0 Å². The molecule has 1 saturated carbocycles. The van der Waals surface area contributed by atoms with Crippen molar-refractivity contribution in [2.45, 2.75) is 51.0 Å². The van der Waals surface area contributed by atoms with Gasteiger partial charge < -0.3 is 22.7 Å². The van der Waals surface area contributed by atoms with Gasteiger partial charge >= 0.3 is 5.91 Å². The van der Waals surface area contributed by atoms with Crippen LogP contribution in [0.25, 0.3) is 0 Å². The topological polar surface area (TPSA) is 66.4 Å². The zero-order chi connectivity index (χ0) is 22.0. The summed E-state index contributed by atoms with van der Waals surface area (Å²) in [4.78, 5) is 27.9. The molecule has 2 amide bonds. The first-order valence-corrected chi connectivity index (χ1v) is 11.3. The molecular formula is C26H32BrN3O2. The highest BCUT2D eigenvalue weighted by atomic mass is 79.9. The molecule has 0 radical (unpaired) electrons. The Balaban J connectivity index is 0.00000289. The van der Waals surface area contributed by atoms with E-state index in [2.05, 4.69) is 4.90 Å². The van der Waals surface area contributed by atoms with Crippen LogP contribution in [-0.4, -0.2) is 46.3 Å². The summed E-state index contributed by atoms with van der Waals surface area (Å²) in [6, 6.07) is 20.3. The number of rotatable bonds is 6. The van der Waals surface area contributed by atoms with E-state index < -0.39 is 5.41 Å². The summed E-state index contributed by atoms with van der Waals surface area (Å²) in [7, 11) is 0. The Morgan fingerprint density at radius 1 is 1.03 bits per heavy atom. The number of hydrogen-bond acceptors (Lipinski definition) is 3. The maximum atomic E-state index is 13.2. The van der Waals surface area contributed by atoms with Gasteiger partial charge in [0.2, 0.25) is 5.91 Å². The van der Waals surface area contributed by atoms with E-state index >= 15 is 0 Å². The van der Waals surface area contributed by atoms with Crippen molar-refractivity contribution in [3.05, 3.63) is 71.8 Å². The molecule has 1 fully saturated rings. The Morgan fingerprint density at radius 3 is 2.09 bits per heavy atom. The molecule has 1 heterocycles. The van der Waals surface area contributed by atoms with Crippen LogP contribution in [0.1, 0.15) is 50.7 Å². The van der Waals surface area contributed by atoms with E-state index in [-0.39, 0.29) is 34.7 Å². The van der Waals surface area contributed by atoms with Gasteiger partial charge in [0.1, 0.15) is 18.5 Å². The van der Waals surface area contributed by atoms with E-state index in [4.69, 9.17) is 5.73 Å². The van der Waals surface area contributed by atoms with E-state index in [0.717, 1.165) is 49.3 Å². The maximum Gasteiger partial charge on any atom is 0.309 e. The minimum absolute atomic E-state index is 0. The summed E-state index contributed by atoms with van der Waals surface area (Å²) < 4.78 is 1.91. The van der Waals surface area contributed by atoms with Crippen molar-refractivity contribution < 1.29 is 31.1 Å². The van der Waals surface area contributed by atoms with Crippen LogP contribution in [0.5, 0.6) is 0 Å². The third kappa shape index (κ3) is 4.01. The average molecular weight is 498 g/mol. The molecule has 0 spiro atoms. The van der Waals surface area contributed by atoms with E-state index in [1.807, 2.05) is 79.1 Å². The van der Waals surface area contributed by atoms with Crippen LogP contribution in [0.15, 0.2) is 60.7 Å². The lowest BCUT2D eigenvalue weighted by Crippen LogP contribution is -3.00. The number of nitrogens with two attached hydrogens (primary N) is 1. The first-order valence-electron chi connectivity index (χ1n) is 11.3. The molecule has 5 nitrogen and oxygen atoms in total. The molecule has 1 aliphatic carbocycles. The van der Waals surface area contributed by atoms with Crippen molar-refractivity contribution in [3.8, 4) is 0 Å². The van der Waals surface area contributed by atoms with Gasteiger partial charge in [0.25, 0.3) is 5.84 Å². The Labute approximate surface area is 201 Å². The zero-order valence-electron chi connectivity index (χ0n) is 18.8. The normalized spacial score (nSPS) is 20.9. The molecule has 2 atom stereocenters. The van der Waals surface area contributed by atoms with Gasteiger partial charge in [-0.2, -0.15) is 4.58 Å². The summed E-state index contributed by atoms with van der Waals surface area (Å²) in [6.07, 6.45) is 3.30. The van der Waals surface area contributed by atoms with Gasteiger partial charge in [0, 0.05) is 13.3 Å². The van der Waals surface area contributed by atoms with Crippen LogP contribution in [0, 0.1) is 5.92 Å². The molecular weight excluding hydrogens is 466 g/mol. The number of primary amides is 1. The van der Waals surface area contributed by atoms with Gasteiger partial charge in [-0.1, -0.05) is 67.6 Å². The molecule has 2 unspecified atom stereocenters. The van der Waals surface area contributed by atoms with Crippen LogP contribution in [0.3, 0.4) is 0 Å². The predicted molar refractivity (Wildman–Crippen MR) is 122 cm³/mol. The lowest BCUT2D eigenvalue weighted by atomic mass is 9.64. The van der Waals surface area contributed by atoms with E-state index in [9.17, 15) is 9.59 Å². The minimum atomic E-state index is -0.857. The minimum Gasteiger partial charge on any atom is -1.00 e. The number of carbonyl (C=O) groups excluding carboxylic acids is 2. The third-order valence-corrected chi connectivity index (χ3v) is 7.28. The van der Waals surface area contributed by atoms with E-state index in [1.165, 1.54) is 0 Å². The van der Waals surface area contributed by atoms with Crippen LogP contribution < -0.4 is 22.7 Å². The second kappa shape index (κ2) is 9.99. The van der Waals surface area contributed by atoms with Crippen LogP contribution >= 0.6 is 0 Å². The maximum absolute atomic E-state index is 13.2. The lowest BCUT2D eigenvalue weighted by molar-refractivity contribution is -0.439. The lowest BCUT2D eigenvalue weighted by Gasteiger charge is -2.37. The van der Waals surface area contributed by atoms with Crippen molar-refractivity contribution in [2.75, 3.05) is 13.1 Å². The molecule has 170 valence electrons. The van der Waals surface area contributed by atoms with Crippen LogP contribution in [-0.2, 0) is 15.0 Å². The van der Waals surface area contributed by atoms with Crippen molar-refractivity contribution in [1.29, 1.82) is 0 Å². The number of amidine groups is 1. The van der Waals surface area contributed by atoms with Gasteiger partial charge in [-0.3, -0.25) is 9.69 Å². The quantitative estimate of drug-likeness (QED) is 0.584. The smallest absolute Gasteiger partial charge is 0.309 e. The highest BCUT2D eigenvalue weighted by Gasteiger charge is 2.52. The number of hydrogen-bond donors (Lipinski definition) is 1. The Bertz CT molecular complexity index is 951. The van der Waals surface area contributed by atoms with Gasteiger partial charge in [0.15, 0.2) is 0 Å². The number of nitrogens with zero attached hydrogens (tertiary/aromatic N) is 2. The highest BCUT2D eigenvalue weighted by molar-refractivity contribution is 5.91. The van der Waals surface area contributed by atoms with Crippen molar-refractivity contribution in [3.63, 3.8) is 0 Å². The fraction of sp³-hybridized carbons (Fsp3) is 0.423. The second-order valence-electron chi connectivity index (χ2n) is 8.71. The monoisotopic (exact) mass is 497 g/mol. The zero-order valence-corrected chi connectivity index (χ0v) is 20.4. The van der Waals surface area contributed by atoms with E-state index in [1.54, 1.807) is 0 Å². The van der Waals surface area contributed by atoms with Crippen molar-refractivity contribution >= 4 is 17.6 Å². The highest BCUT2D eigenvalue weighted by Crippen LogP contribution is 2.48. The van der Waals surface area contributed by atoms with Crippen molar-refractivity contribution in [1.82, 2.24) is 4.90 Å². The molecule has 1 aliphatic heterocycles. The van der Waals surface area contributed by atoms with E-state index in [0.29, 0.717) is 12.5 Å². The molecule has 6 heteroatoms. The van der Waals surface area contributed by atoms with Gasteiger partial charge in [0.05, 0.1) is 6.04 Å². The molecule has 2 aromatic rings. The van der Waals surface area contributed by atoms with Gasteiger partial charge in [-0.25, -0.2) is 4.79 Å². The molecule has 0 aromatic heterocycles. The summed E-state index contributed by atoms with van der Waals surface area (Å²) in [6.45, 7) is 5.56. The Hall–Kier alpha value is -2.47. The molecule has 4 rings (SSSR count). The number of benzene rings is 2. The third-order valence-electron chi connectivity index (χ3n) is 7.28. The Kier molecular flexibility index (Phi) is 7.55. The molecule has 32 heavy (non-hydrogen) atoms. The molecule has 2 aliphatic rings. The number of carbonyl (C=O) groups is 2. The molecule has 0 saturated heterocycles.